The predicted molar refractivity (Wildman–Crippen MR) is 73.2 cm³/mol. The second kappa shape index (κ2) is 4.89. The predicted octanol–water partition coefficient (Wildman–Crippen LogP) is 1.58. The number of benzene rings is 1. The van der Waals surface area contributed by atoms with E-state index in [0.29, 0.717) is 24.2 Å². The molecule has 0 saturated carbocycles. The lowest BCUT2D eigenvalue weighted by atomic mass is 10.1. The number of imide groups is 1. The molecule has 0 saturated heterocycles. The Labute approximate surface area is 117 Å². The van der Waals surface area contributed by atoms with Crippen LogP contribution in [0, 0.1) is 6.92 Å². The molecule has 2 heterocycles. The third-order valence-electron chi connectivity index (χ3n) is 3.52. The molecule has 0 atom stereocenters. The maximum absolute atomic E-state index is 12.2. The van der Waals surface area contributed by atoms with Crippen LogP contribution in [0.1, 0.15) is 26.3 Å². The van der Waals surface area contributed by atoms with Gasteiger partial charge in [-0.05, 0) is 24.6 Å². The molecule has 1 aromatic carbocycles. The summed E-state index contributed by atoms with van der Waals surface area (Å²) in [6.07, 6.45) is 3.90. The van der Waals surface area contributed by atoms with Crippen molar-refractivity contribution in [2.45, 2.75) is 13.5 Å². The molecule has 0 aliphatic carbocycles. The van der Waals surface area contributed by atoms with Gasteiger partial charge in [-0.15, -0.1) is 0 Å². The molecule has 100 valence electrons. The minimum atomic E-state index is -0.196. The summed E-state index contributed by atoms with van der Waals surface area (Å²) in [7, 11) is 0. The van der Waals surface area contributed by atoms with Crippen LogP contribution in [-0.4, -0.2) is 23.3 Å². The number of hydrogen-bond donors (Lipinski definition) is 0. The number of rotatable bonds is 3. The summed E-state index contributed by atoms with van der Waals surface area (Å²) >= 11 is 0. The molecule has 0 radical (unpaired) electrons. The van der Waals surface area contributed by atoms with Crippen LogP contribution >= 0.6 is 0 Å². The van der Waals surface area contributed by atoms with E-state index in [1.807, 2.05) is 36.0 Å². The number of aromatic nitrogens is 1. The fraction of sp³-hybridized carbons (Fsp3) is 0.188. The van der Waals surface area contributed by atoms with Gasteiger partial charge in [-0.1, -0.05) is 12.1 Å². The maximum Gasteiger partial charge on any atom is 0.261 e. The molecule has 0 spiro atoms. The van der Waals surface area contributed by atoms with Crippen molar-refractivity contribution in [1.29, 1.82) is 0 Å². The van der Waals surface area contributed by atoms with E-state index in [-0.39, 0.29) is 11.8 Å². The second-order valence-electron chi connectivity index (χ2n) is 4.92. The van der Waals surface area contributed by atoms with Crippen molar-refractivity contribution in [3.63, 3.8) is 0 Å². The summed E-state index contributed by atoms with van der Waals surface area (Å²) in [6, 6.07) is 11.0. The molecule has 20 heavy (non-hydrogen) atoms. The van der Waals surface area contributed by atoms with Crippen LogP contribution in [0.25, 0.3) is 0 Å². The van der Waals surface area contributed by atoms with Gasteiger partial charge in [0.1, 0.15) is 0 Å². The number of aryl methyl sites for hydroxylation is 1. The molecule has 0 fully saturated rings. The highest BCUT2D eigenvalue weighted by atomic mass is 16.2. The topological polar surface area (TPSA) is 41.3 Å². The molecule has 3 rings (SSSR count). The van der Waals surface area contributed by atoms with E-state index in [9.17, 15) is 9.59 Å². The number of carbonyl (C=O) groups excluding carboxylic acids is 2. The number of amides is 2. The Morgan fingerprint density at radius 3 is 2.05 bits per heavy atom. The van der Waals surface area contributed by atoms with E-state index in [2.05, 4.69) is 0 Å². The van der Waals surface area contributed by atoms with Crippen molar-refractivity contribution in [1.82, 2.24) is 4.90 Å². The summed E-state index contributed by atoms with van der Waals surface area (Å²) in [5.74, 6) is -0.392. The minimum Gasteiger partial charge on any atom is -0.269 e. The zero-order valence-electron chi connectivity index (χ0n) is 11.2. The normalized spacial score (nSPS) is 13.8. The van der Waals surface area contributed by atoms with Crippen LogP contribution in [0.15, 0.2) is 48.8 Å². The van der Waals surface area contributed by atoms with Gasteiger partial charge in [0, 0.05) is 12.1 Å². The van der Waals surface area contributed by atoms with Crippen molar-refractivity contribution in [2.24, 2.45) is 0 Å². The molecule has 2 aromatic rings. The number of pyridine rings is 1. The molecule has 1 aliphatic rings. The van der Waals surface area contributed by atoms with Crippen LogP contribution in [0.5, 0.6) is 0 Å². The van der Waals surface area contributed by atoms with Gasteiger partial charge < -0.3 is 0 Å². The lowest BCUT2D eigenvalue weighted by molar-refractivity contribution is -0.695. The maximum atomic E-state index is 12.2. The minimum absolute atomic E-state index is 0.196. The van der Waals surface area contributed by atoms with E-state index in [0.717, 1.165) is 0 Å². The lowest BCUT2D eigenvalue weighted by Crippen LogP contribution is -2.42. The summed E-state index contributed by atoms with van der Waals surface area (Å²) in [4.78, 5) is 25.7. The van der Waals surface area contributed by atoms with Crippen molar-refractivity contribution in [2.75, 3.05) is 6.54 Å². The molecule has 0 unspecified atom stereocenters. The van der Waals surface area contributed by atoms with E-state index < -0.39 is 0 Å². The molecule has 1 aliphatic heterocycles. The van der Waals surface area contributed by atoms with Gasteiger partial charge >= 0.3 is 0 Å². The molecular weight excluding hydrogens is 252 g/mol. The number of nitrogens with zero attached hydrogens (tertiary/aromatic N) is 2. The fourth-order valence-electron chi connectivity index (χ4n) is 2.34. The van der Waals surface area contributed by atoms with Crippen LogP contribution < -0.4 is 4.57 Å². The standard InChI is InChI=1S/C16H15N2O2/c1-12-6-8-17(9-7-12)10-11-18-15(19)13-4-2-3-5-14(13)16(18)20/h2-9H,10-11H2,1H3/q+1. The van der Waals surface area contributed by atoms with E-state index >= 15 is 0 Å². The summed E-state index contributed by atoms with van der Waals surface area (Å²) in [5, 5.41) is 0. The third-order valence-corrected chi connectivity index (χ3v) is 3.52. The Balaban J connectivity index is 1.75. The number of carbonyl (C=O) groups is 2. The van der Waals surface area contributed by atoms with Gasteiger partial charge in [0.2, 0.25) is 0 Å². The van der Waals surface area contributed by atoms with E-state index in [1.165, 1.54) is 10.5 Å². The Morgan fingerprint density at radius 1 is 0.950 bits per heavy atom. The first-order valence-corrected chi connectivity index (χ1v) is 6.58. The molecule has 4 heteroatoms. The van der Waals surface area contributed by atoms with Crippen molar-refractivity contribution in [3.05, 3.63) is 65.5 Å². The van der Waals surface area contributed by atoms with Crippen molar-refractivity contribution in [3.8, 4) is 0 Å². The Hall–Kier alpha value is -2.49. The van der Waals surface area contributed by atoms with Crippen LogP contribution in [-0.2, 0) is 6.54 Å². The van der Waals surface area contributed by atoms with Gasteiger partial charge in [-0.2, -0.15) is 0 Å². The largest absolute Gasteiger partial charge is 0.269 e. The van der Waals surface area contributed by atoms with Gasteiger partial charge in [0.25, 0.3) is 11.8 Å². The SMILES string of the molecule is Cc1cc[n+](CCN2C(=O)c3ccccc3C2=O)cc1. The zero-order chi connectivity index (χ0) is 14.1. The lowest BCUT2D eigenvalue weighted by Gasteiger charge is -2.11. The summed E-state index contributed by atoms with van der Waals surface area (Å²) in [6.45, 7) is 3.01. The number of fused-ring (bicyclic) bond motifs is 1. The molecule has 0 N–H and O–H groups in total. The van der Waals surface area contributed by atoms with Crippen molar-refractivity contribution < 1.29 is 14.2 Å². The van der Waals surface area contributed by atoms with Crippen LogP contribution in [0.3, 0.4) is 0 Å². The smallest absolute Gasteiger partial charge is 0.261 e. The first-order chi connectivity index (χ1) is 9.66. The van der Waals surface area contributed by atoms with Gasteiger partial charge in [0.15, 0.2) is 18.9 Å². The zero-order valence-corrected chi connectivity index (χ0v) is 11.2. The monoisotopic (exact) mass is 267 g/mol. The number of hydrogen-bond acceptors (Lipinski definition) is 2. The van der Waals surface area contributed by atoms with Gasteiger partial charge in [-0.3, -0.25) is 14.5 Å². The van der Waals surface area contributed by atoms with E-state index in [4.69, 9.17) is 0 Å². The van der Waals surface area contributed by atoms with Crippen LogP contribution in [0.2, 0.25) is 0 Å². The molecule has 0 bridgehead atoms. The highest BCUT2D eigenvalue weighted by Crippen LogP contribution is 2.21. The Kier molecular flexibility index (Phi) is 3.06. The van der Waals surface area contributed by atoms with E-state index in [1.54, 1.807) is 24.3 Å². The highest BCUT2D eigenvalue weighted by Gasteiger charge is 2.35. The second-order valence-corrected chi connectivity index (χ2v) is 4.92. The molecular formula is C16H15N2O2+. The molecule has 2 amide bonds. The summed E-state index contributed by atoms with van der Waals surface area (Å²) in [5.41, 5.74) is 2.19. The first-order valence-electron chi connectivity index (χ1n) is 6.58. The Morgan fingerprint density at radius 2 is 1.50 bits per heavy atom. The average molecular weight is 267 g/mol. The van der Waals surface area contributed by atoms with Gasteiger partial charge in [0.05, 0.1) is 17.7 Å². The Bertz CT molecular complexity index is 642. The summed E-state index contributed by atoms with van der Waals surface area (Å²) < 4.78 is 1.97. The van der Waals surface area contributed by atoms with Gasteiger partial charge in [-0.25, -0.2) is 4.57 Å². The van der Waals surface area contributed by atoms with Crippen LogP contribution in [0.4, 0.5) is 0 Å². The van der Waals surface area contributed by atoms with Crippen molar-refractivity contribution >= 4 is 11.8 Å². The quantitative estimate of drug-likeness (QED) is 0.626. The average Bonchev–Trinajstić information content (AvgIpc) is 2.71. The fourth-order valence-corrected chi connectivity index (χ4v) is 2.34. The first kappa shape index (κ1) is 12.5. The molecule has 4 nitrogen and oxygen atoms in total. The molecule has 1 aromatic heterocycles. The third kappa shape index (κ3) is 2.09. The highest BCUT2D eigenvalue weighted by molar-refractivity contribution is 6.21.